The fourth-order valence-corrected chi connectivity index (χ4v) is 6.27. The summed E-state index contributed by atoms with van der Waals surface area (Å²) < 4.78 is 0. The molecule has 0 aliphatic carbocycles. The van der Waals surface area contributed by atoms with Gasteiger partial charge in [0.05, 0.1) is 0 Å². The van der Waals surface area contributed by atoms with Crippen LogP contribution in [0, 0.1) is 0 Å². The minimum Gasteiger partial charge on any atom is -0.481 e. The molecule has 1 N–H and O–H groups in total. The molecule has 0 bridgehead atoms. The number of carboxylic acids is 1. The van der Waals surface area contributed by atoms with E-state index >= 15 is 0 Å². The van der Waals surface area contributed by atoms with E-state index in [1.54, 1.807) is 0 Å². The lowest BCUT2D eigenvalue weighted by molar-refractivity contribution is -0.137. The van der Waals surface area contributed by atoms with Gasteiger partial charge in [0, 0.05) is 6.42 Å². The van der Waals surface area contributed by atoms with Gasteiger partial charge in [-0.15, -0.1) is 0 Å². The Morgan fingerprint density at radius 3 is 1.32 bits per heavy atom. The number of unbranched alkanes of at least 4 members (excludes halogenated alkanes) is 15. The lowest BCUT2D eigenvalue weighted by Crippen LogP contribution is -2.17. The van der Waals surface area contributed by atoms with Crippen molar-refractivity contribution in [2.24, 2.45) is 0 Å². The molecule has 1 atom stereocenters. The minimum absolute atomic E-state index is 0.351. The van der Waals surface area contributed by atoms with Crippen molar-refractivity contribution < 1.29 is 9.90 Å². The second-order valence-electron chi connectivity index (χ2n) is 8.53. The van der Waals surface area contributed by atoms with Crippen LogP contribution in [0.3, 0.4) is 0 Å². The highest BCUT2D eigenvalue weighted by Crippen LogP contribution is 2.14. The van der Waals surface area contributed by atoms with E-state index in [1.807, 2.05) is 0 Å². The predicted octanol–water partition coefficient (Wildman–Crippen LogP) is 8.14. The molecule has 1 unspecified atom stereocenters. The van der Waals surface area contributed by atoms with E-state index in [2.05, 4.69) is 13.8 Å². The number of rotatable bonds is 23. The molecule has 0 aliphatic rings. The molecule has 0 saturated heterocycles. The predicted molar refractivity (Wildman–Crippen MR) is 129 cm³/mol. The van der Waals surface area contributed by atoms with E-state index in [-0.39, 0.29) is 0 Å². The molecule has 0 heterocycles. The van der Waals surface area contributed by atoms with Crippen molar-refractivity contribution in [1.29, 1.82) is 0 Å². The Labute approximate surface area is 180 Å². The standard InChI is InChI=1S/C25H50O2S/c1-3-5-7-8-9-10-11-12-13-14-15-16-17-19-23-28(22-6-4-2)24-20-18-21-25(26)27/h3-24H2,1-2H3/p+1. The first-order valence-electron chi connectivity index (χ1n) is 12.6. The number of aliphatic carboxylic acids is 1. The summed E-state index contributed by atoms with van der Waals surface area (Å²) in [5.41, 5.74) is 0. The Bertz CT molecular complexity index is 320. The summed E-state index contributed by atoms with van der Waals surface area (Å²) in [4.78, 5) is 10.6. The normalized spacial score (nSPS) is 12.4. The summed E-state index contributed by atoms with van der Waals surface area (Å²) in [7, 11) is 0.552. The van der Waals surface area contributed by atoms with Crippen LogP contribution >= 0.6 is 0 Å². The Hall–Kier alpha value is -0.180. The first-order valence-corrected chi connectivity index (χ1v) is 14.3. The van der Waals surface area contributed by atoms with Crippen LogP contribution in [0.15, 0.2) is 0 Å². The zero-order chi connectivity index (χ0) is 20.7. The van der Waals surface area contributed by atoms with Crippen LogP contribution in [0.2, 0.25) is 0 Å². The SMILES string of the molecule is CCCCCCCCCCCCCCCC[S+](CCCC)CCCCC(=O)O. The third kappa shape index (κ3) is 22.1. The van der Waals surface area contributed by atoms with Gasteiger partial charge in [0.1, 0.15) is 17.3 Å². The zero-order valence-electron chi connectivity index (χ0n) is 19.3. The molecule has 2 nitrogen and oxygen atoms in total. The monoisotopic (exact) mass is 415 g/mol. The van der Waals surface area contributed by atoms with Crippen molar-refractivity contribution in [2.45, 2.75) is 136 Å². The maximum atomic E-state index is 10.6. The van der Waals surface area contributed by atoms with Gasteiger partial charge in [-0.2, -0.15) is 0 Å². The molecule has 0 fully saturated rings. The number of hydrogen-bond acceptors (Lipinski definition) is 1. The van der Waals surface area contributed by atoms with Crippen molar-refractivity contribution in [3.05, 3.63) is 0 Å². The van der Waals surface area contributed by atoms with E-state index < -0.39 is 5.97 Å². The Morgan fingerprint density at radius 1 is 0.536 bits per heavy atom. The molecule has 28 heavy (non-hydrogen) atoms. The van der Waals surface area contributed by atoms with E-state index in [4.69, 9.17) is 5.11 Å². The Balaban J connectivity index is 3.44. The molecule has 168 valence electrons. The maximum Gasteiger partial charge on any atom is 0.303 e. The molecular formula is C25H51O2S+. The molecule has 0 spiro atoms. The zero-order valence-corrected chi connectivity index (χ0v) is 20.1. The molecular weight excluding hydrogens is 364 g/mol. The van der Waals surface area contributed by atoms with Gasteiger partial charge in [0.25, 0.3) is 0 Å². The van der Waals surface area contributed by atoms with Crippen LogP contribution < -0.4 is 0 Å². The van der Waals surface area contributed by atoms with Crippen LogP contribution in [0.5, 0.6) is 0 Å². The Morgan fingerprint density at radius 2 is 0.893 bits per heavy atom. The second-order valence-corrected chi connectivity index (χ2v) is 11.0. The van der Waals surface area contributed by atoms with Crippen molar-refractivity contribution in [1.82, 2.24) is 0 Å². The van der Waals surface area contributed by atoms with Crippen LogP contribution in [-0.4, -0.2) is 28.3 Å². The molecule has 0 aromatic rings. The molecule has 0 rings (SSSR count). The quantitative estimate of drug-likeness (QED) is 0.135. The van der Waals surface area contributed by atoms with E-state index in [0.29, 0.717) is 17.3 Å². The van der Waals surface area contributed by atoms with E-state index in [0.717, 1.165) is 12.8 Å². The van der Waals surface area contributed by atoms with Gasteiger partial charge in [0.2, 0.25) is 0 Å². The summed E-state index contributed by atoms with van der Waals surface area (Å²) in [6.45, 7) is 4.56. The largest absolute Gasteiger partial charge is 0.481 e. The van der Waals surface area contributed by atoms with Gasteiger partial charge >= 0.3 is 5.97 Å². The highest BCUT2D eigenvalue weighted by molar-refractivity contribution is 7.96. The minimum atomic E-state index is -0.639. The molecule has 0 amide bonds. The smallest absolute Gasteiger partial charge is 0.303 e. The van der Waals surface area contributed by atoms with Gasteiger partial charge in [-0.3, -0.25) is 4.79 Å². The van der Waals surface area contributed by atoms with Crippen LogP contribution in [0.4, 0.5) is 0 Å². The van der Waals surface area contributed by atoms with Crippen molar-refractivity contribution in [2.75, 3.05) is 17.3 Å². The summed E-state index contributed by atoms with van der Waals surface area (Å²) in [6, 6.07) is 0. The number of hydrogen-bond donors (Lipinski definition) is 1. The average molecular weight is 416 g/mol. The molecule has 0 aliphatic heterocycles. The van der Waals surface area contributed by atoms with Gasteiger partial charge in [-0.05, 0) is 43.0 Å². The first-order chi connectivity index (χ1) is 13.7. The summed E-state index contributed by atoms with van der Waals surface area (Å²) in [5.74, 6) is 3.40. The lowest BCUT2D eigenvalue weighted by atomic mass is 10.0. The molecule has 3 heteroatoms. The summed E-state index contributed by atoms with van der Waals surface area (Å²) >= 11 is 0. The maximum absolute atomic E-state index is 10.6. The van der Waals surface area contributed by atoms with Crippen molar-refractivity contribution >= 4 is 16.9 Å². The van der Waals surface area contributed by atoms with Gasteiger partial charge in [0.15, 0.2) is 0 Å². The van der Waals surface area contributed by atoms with Gasteiger partial charge in [-0.1, -0.05) is 97.3 Å². The topological polar surface area (TPSA) is 37.3 Å². The molecule has 0 aromatic carbocycles. The highest BCUT2D eigenvalue weighted by Gasteiger charge is 2.16. The fraction of sp³-hybridized carbons (Fsp3) is 0.960. The summed E-state index contributed by atoms with van der Waals surface area (Å²) in [5, 5.41) is 8.77. The van der Waals surface area contributed by atoms with Gasteiger partial charge in [-0.25, -0.2) is 0 Å². The lowest BCUT2D eigenvalue weighted by Gasteiger charge is -2.09. The summed E-state index contributed by atoms with van der Waals surface area (Å²) in [6.07, 6.45) is 25.0. The van der Waals surface area contributed by atoms with Crippen LogP contribution in [-0.2, 0) is 15.7 Å². The molecule has 0 radical (unpaired) electrons. The van der Waals surface area contributed by atoms with Crippen molar-refractivity contribution in [3.8, 4) is 0 Å². The van der Waals surface area contributed by atoms with Crippen LogP contribution in [0.1, 0.15) is 136 Å². The Kier molecular flexibility index (Phi) is 23.0. The average Bonchev–Trinajstić information content (AvgIpc) is 2.68. The number of carboxylic acid groups (broad SMARTS) is 1. The van der Waals surface area contributed by atoms with Crippen molar-refractivity contribution in [3.63, 3.8) is 0 Å². The van der Waals surface area contributed by atoms with E-state index in [9.17, 15) is 4.79 Å². The molecule has 0 aromatic heterocycles. The number of carbonyl (C=O) groups is 1. The van der Waals surface area contributed by atoms with Crippen LogP contribution in [0.25, 0.3) is 0 Å². The third-order valence-corrected chi connectivity index (χ3v) is 8.24. The molecule has 0 saturated carbocycles. The van der Waals surface area contributed by atoms with E-state index in [1.165, 1.54) is 120 Å². The second kappa shape index (κ2) is 23.1. The first kappa shape index (κ1) is 27.8. The fourth-order valence-electron chi connectivity index (χ4n) is 3.74. The third-order valence-electron chi connectivity index (χ3n) is 5.65. The highest BCUT2D eigenvalue weighted by atomic mass is 32.2. The van der Waals surface area contributed by atoms with Gasteiger partial charge < -0.3 is 5.11 Å².